The van der Waals surface area contributed by atoms with E-state index in [4.69, 9.17) is 15.6 Å². The van der Waals surface area contributed by atoms with Crippen LogP contribution in [0.25, 0.3) is 10.2 Å². The van der Waals surface area contributed by atoms with Crippen molar-refractivity contribution in [3.8, 4) is 0 Å². The number of hydrogen-bond donors (Lipinski definition) is 3. The average molecular weight is 549 g/mol. The molecule has 0 unspecified atom stereocenters. The highest BCUT2D eigenvalue weighted by molar-refractivity contribution is 7.20. The highest BCUT2D eigenvalue weighted by Crippen LogP contribution is 2.32. The number of fused-ring (bicyclic) bond motifs is 1. The van der Waals surface area contributed by atoms with Gasteiger partial charge in [-0.1, -0.05) is 24.3 Å². The standard InChI is InChI=1S/C21H20F3N3O2S.C2HF3O2/c22-21(23,24)14-8-2-1-7-13(14)19(29)26-16(10-5-6-12-25)18(28)20-27-15-9-3-4-11-17(15)30-20;3-2(4,5)1(6)7/h1-4,7-9,11,16H,5-6,10,12,25H2,(H,26,29);(H,6,7)/t16-;/m0./s1. The molecule has 200 valence electrons. The first-order valence-corrected chi connectivity index (χ1v) is 11.4. The van der Waals surface area contributed by atoms with Crippen LogP contribution in [0.15, 0.2) is 48.5 Å². The third-order valence-electron chi connectivity index (χ3n) is 4.79. The summed E-state index contributed by atoms with van der Waals surface area (Å²) in [6.07, 6.45) is -8.34. The number of alkyl halides is 6. The highest BCUT2D eigenvalue weighted by atomic mass is 32.1. The minimum Gasteiger partial charge on any atom is -0.475 e. The molecule has 14 heteroatoms. The number of nitrogens with two attached hydrogens (primary N) is 1. The van der Waals surface area contributed by atoms with E-state index >= 15 is 0 Å². The number of amides is 1. The fourth-order valence-corrected chi connectivity index (χ4v) is 4.01. The topological polar surface area (TPSA) is 122 Å². The number of benzene rings is 2. The number of aromatic nitrogens is 1. The Kier molecular flexibility index (Phi) is 10.1. The lowest BCUT2D eigenvalue weighted by molar-refractivity contribution is -0.192. The lowest BCUT2D eigenvalue weighted by atomic mass is 10.0. The second-order valence-electron chi connectivity index (χ2n) is 7.51. The van der Waals surface area contributed by atoms with Crippen molar-refractivity contribution >= 4 is 39.2 Å². The van der Waals surface area contributed by atoms with Crippen LogP contribution in [-0.2, 0) is 11.0 Å². The Bertz CT molecular complexity index is 1210. The summed E-state index contributed by atoms with van der Waals surface area (Å²) < 4.78 is 72.4. The second kappa shape index (κ2) is 12.6. The number of para-hydroxylation sites is 1. The van der Waals surface area contributed by atoms with Crippen LogP contribution in [0.3, 0.4) is 0 Å². The number of nitrogens with zero attached hydrogens (tertiary/aromatic N) is 1. The molecule has 1 heterocycles. The molecule has 7 nitrogen and oxygen atoms in total. The van der Waals surface area contributed by atoms with E-state index in [1.807, 2.05) is 12.1 Å². The van der Waals surface area contributed by atoms with Crippen LogP contribution in [0.4, 0.5) is 26.3 Å². The zero-order valence-corrected chi connectivity index (χ0v) is 19.7. The van der Waals surface area contributed by atoms with E-state index in [1.54, 1.807) is 12.1 Å². The molecule has 37 heavy (non-hydrogen) atoms. The van der Waals surface area contributed by atoms with Gasteiger partial charge < -0.3 is 16.2 Å². The number of thiazole rings is 1. The molecular formula is C23H21F6N3O4S. The smallest absolute Gasteiger partial charge is 0.475 e. The van der Waals surface area contributed by atoms with Crippen LogP contribution in [0.2, 0.25) is 0 Å². The summed E-state index contributed by atoms with van der Waals surface area (Å²) in [5.74, 6) is -4.13. The van der Waals surface area contributed by atoms with Crippen LogP contribution in [0.1, 0.15) is 45.0 Å². The summed E-state index contributed by atoms with van der Waals surface area (Å²) in [5.41, 5.74) is 4.59. The normalized spacial score (nSPS) is 12.4. The molecule has 0 radical (unpaired) electrons. The first kappa shape index (κ1) is 29.7. The van der Waals surface area contributed by atoms with Gasteiger partial charge in [0.2, 0.25) is 5.78 Å². The van der Waals surface area contributed by atoms with Crippen LogP contribution >= 0.6 is 11.3 Å². The number of carboxylic acids is 1. The number of nitrogens with one attached hydrogen (secondary N) is 1. The number of carbonyl (C=O) groups is 3. The maximum absolute atomic E-state index is 13.3. The highest BCUT2D eigenvalue weighted by Gasteiger charge is 2.38. The van der Waals surface area contributed by atoms with Crippen molar-refractivity contribution in [2.45, 2.75) is 37.7 Å². The summed E-state index contributed by atoms with van der Waals surface area (Å²) in [5, 5.41) is 9.82. The van der Waals surface area contributed by atoms with Gasteiger partial charge in [-0.05, 0) is 50.1 Å². The van der Waals surface area contributed by atoms with E-state index in [1.165, 1.54) is 23.5 Å². The Labute approximate surface area is 210 Å². The van der Waals surface area contributed by atoms with Crippen molar-refractivity contribution in [2.24, 2.45) is 5.73 Å². The van der Waals surface area contributed by atoms with Crippen molar-refractivity contribution < 1.29 is 45.8 Å². The molecule has 1 atom stereocenters. The Balaban J connectivity index is 0.000000604. The van der Waals surface area contributed by atoms with Crippen LogP contribution in [0.5, 0.6) is 0 Å². The molecule has 0 saturated carbocycles. The van der Waals surface area contributed by atoms with Crippen LogP contribution < -0.4 is 11.1 Å². The molecule has 4 N–H and O–H groups in total. The third-order valence-corrected chi connectivity index (χ3v) is 5.84. The maximum Gasteiger partial charge on any atom is 0.490 e. The summed E-state index contributed by atoms with van der Waals surface area (Å²) in [7, 11) is 0. The summed E-state index contributed by atoms with van der Waals surface area (Å²) in [4.78, 5) is 38.9. The van der Waals surface area contributed by atoms with E-state index in [9.17, 15) is 35.9 Å². The van der Waals surface area contributed by atoms with Gasteiger partial charge in [-0.25, -0.2) is 9.78 Å². The maximum atomic E-state index is 13.3. The molecule has 0 aliphatic heterocycles. The van der Waals surface area contributed by atoms with E-state index in [2.05, 4.69) is 10.3 Å². The number of ketones is 1. The van der Waals surface area contributed by atoms with Crippen molar-refractivity contribution in [2.75, 3.05) is 6.54 Å². The minimum atomic E-state index is -5.08. The van der Waals surface area contributed by atoms with Gasteiger partial charge in [0.1, 0.15) is 0 Å². The van der Waals surface area contributed by atoms with Gasteiger partial charge in [-0.3, -0.25) is 9.59 Å². The van der Waals surface area contributed by atoms with Crippen molar-refractivity contribution in [1.29, 1.82) is 0 Å². The number of carboxylic acid groups (broad SMARTS) is 1. The van der Waals surface area contributed by atoms with E-state index < -0.39 is 47.2 Å². The summed E-state index contributed by atoms with van der Waals surface area (Å²) in [6, 6.07) is 10.7. The fraction of sp³-hybridized carbons (Fsp3) is 0.304. The summed E-state index contributed by atoms with van der Waals surface area (Å²) >= 11 is 1.19. The number of Topliss-reactive ketones (excluding diaryl/α,β-unsaturated/α-hetero) is 1. The Morgan fingerprint density at radius 3 is 2.14 bits per heavy atom. The number of carbonyl (C=O) groups excluding carboxylic acids is 2. The number of unbranched alkanes of at least 4 members (excludes halogenated alkanes) is 1. The average Bonchev–Trinajstić information content (AvgIpc) is 3.26. The van der Waals surface area contributed by atoms with Gasteiger partial charge in [0.15, 0.2) is 5.01 Å². The van der Waals surface area contributed by atoms with Gasteiger partial charge >= 0.3 is 18.3 Å². The third kappa shape index (κ3) is 8.53. The molecular weight excluding hydrogens is 528 g/mol. The zero-order valence-electron chi connectivity index (χ0n) is 18.9. The van der Waals surface area contributed by atoms with Gasteiger partial charge in [-0.15, -0.1) is 11.3 Å². The SMILES string of the molecule is NCCCC[C@H](NC(=O)c1ccccc1C(F)(F)F)C(=O)c1nc2ccccc2s1.O=C(O)C(F)(F)F. The molecule has 1 aromatic heterocycles. The monoisotopic (exact) mass is 549 g/mol. The van der Waals surface area contributed by atoms with Crippen LogP contribution in [-0.4, -0.2) is 46.5 Å². The number of aliphatic carboxylic acids is 1. The Morgan fingerprint density at radius 2 is 1.57 bits per heavy atom. The largest absolute Gasteiger partial charge is 0.490 e. The predicted octanol–water partition coefficient (Wildman–Crippen LogP) is 5.06. The minimum absolute atomic E-state index is 0.207. The first-order chi connectivity index (χ1) is 17.3. The van der Waals surface area contributed by atoms with Crippen molar-refractivity contribution in [3.05, 3.63) is 64.7 Å². The van der Waals surface area contributed by atoms with Crippen LogP contribution in [0, 0.1) is 0 Å². The predicted molar refractivity (Wildman–Crippen MR) is 123 cm³/mol. The molecule has 3 rings (SSSR count). The van der Waals surface area contributed by atoms with E-state index in [0.29, 0.717) is 24.9 Å². The molecule has 0 bridgehead atoms. The molecule has 3 aromatic rings. The molecule has 0 spiro atoms. The van der Waals surface area contributed by atoms with Crippen molar-refractivity contribution in [3.63, 3.8) is 0 Å². The Hall–Kier alpha value is -3.52. The van der Waals surface area contributed by atoms with E-state index in [-0.39, 0.29) is 11.4 Å². The number of halogens is 6. The summed E-state index contributed by atoms with van der Waals surface area (Å²) in [6.45, 7) is 0.410. The van der Waals surface area contributed by atoms with Crippen molar-refractivity contribution in [1.82, 2.24) is 10.3 Å². The molecule has 0 saturated heterocycles. The molecule has 0 fully saturated rings. The lowest BCUT2D eigenvalue weighted by Gasteiger charge is -2.18. The number of hydrogen-bond acceptors (Lipinski definition) is 6. The van der Waals surface area contributed by atoms with Gasteiger partial charge in [0.25, 0.3) is 5.91 Å². The van der Waals surface area contributed by atoms with Gasteiger partial charge in [-0.2, -0.15) is 26.3 Å². The zero-order chi connectivity index (χ0) is 27.8. The lowest BCUT2D eigenvalue weighted by Crippen LogP contribution is -2.41. The molecule has 1 amide bonds. The van der Waals surface area contributed by atoms with E-state index in [0.717, 1.165) is 16.8 Å². The molecule has 0 aliphatic carbocycles. The Morgan fingerprint density at radius 1 is 0.973 bits per heavy atom. The molecule has 0 aliphatic rings. The second-order valence-corrected chi connectivity index (χ2v) is 8.54. The quantitative estimate of drug-likeness (QED) is 0.205. The van der Waals surface area contributed by atoms with Gasteiger partial charge in [0, 0.05) is 0 Å². The van der Waals surface area contributed by atoms with Gasteiger partial charge in [0.05, 0.1) is 27.4 Å². The molecule has 2 aromatic carbocycles. The fourth-order valence-electron chi connectivity index (χ4n) is 3.05. The number of rotatable bonds is 8. The first-order valence-electron chi connectivity index (χ1n) is 10.6.